The van der Waals surface area contributed by atoms with Gasteiger partial charge in [-0.15, -0.1) is 11.3 Å². The number of methoxy groups -OCH3 is 1. The van der Waals surface area contributed by atoms with Crippen molar-refractivity contribution in [1.82, 2.24) is 9.71 Å². The first-order valence-electron chi connectivity index (χ1n) is 7.87. The fraction of sp³-hybridized carbons (Fsp3) is 0.111. The van der Waals surface area contributed by atoms with Gasteiger partial charge in [-0.05, 0) is 47.3 Å². The van der Waals surface area contributed by atoms with Gasteiger partial charge in [-0.3, -0.25) is 9.78 Å². The molecule has 2 heterocycles. The number of thiophene rings is 1. The van der Waals surface area contributed by atoms with Crippen LogP contribution in [0.5, 0.6) is 5.75 Å². The Hall–Kier alpha value is -2.75. The van der Waals surface area contributed by atoms with Crippen molar-refractivity contribution in [2.45, 2.75) is 11.4 Å². The molecule has 3 rings (SSSR count). The zero-order chi connectivity index (χ0) is 19.4. The second kappa shape index (κ2) is 7.87. The van der Waals surface area contributed by atoms with E-state index >= 15 is 0 Å². The van der Waals surface area contributed by atoms with Gasteiger partial charge in [-0.25, -0.2) is 13.1 Å². The maximum absolute atomic E-state index is 12.6. The van der Waals surface area contributed by atoms with E-state index in [1.165, 1.54) is 25.3 Å². The van der Waals surface area contributed by atoms with Gasteiger partial charge in [-0.2, -0.15) is 0 Å². The predicted molar refractivity (Wildman–Crippen MR) is 103 cm³/mol. The highest BCUT2D eigenvalue weighted by Gasteiger charge is 2.18. The molecule has 27 heavy (non-hydrogen) atoms. The van der Waals surface area contributed by atoms with Crippen LogP contribution >= 0.6 is 11.3 Å². The van der Waals surface area contributed by atoms with Crippen molar-refractivity contribution in [3.05, 3.63) is 65.2 Å². The molecule has 1 aromatic carbocycles. The molecule has 3 N–H and O–H groups in total. The standard InChI is InChI=1S/C18H17N3O4S2/c1-25-16-5-4-13(10-14(16)18(19)22)27(23,24)21-11-12-6-7-20-15(9-12)17-3-2-8-26-17/h2-10,21H,11H2,1H3,(H2,19,22). The molecule has 0 aliphatic heterocycles. The lowest BCUT2D eigenvalue weighted by Gasteiger charge is -2.10. The minimum absolute atomic E-state index is 0.00395. The summed E-state index contributed by atoms with van der Waals surface area (Å²) in [6, 6.07) is 11.4. The van der Waals surface area contributed by atoms with Gasteiger partial charge in [-0.1, -0.05) is 6.07 Å². The maximum atomic E-state index is 12.6. The highest BCUT2D eigenvalue weighted by molar-refractivity contribution is 7.89. The smallest absolute Gasteiger partial charge is 0.252 e. The van der Waals surface area contributed by atoms with Gasteiger partial charge in [0.25, 0.3) is 5.91 Å². The fourth-order valence-electron chi connectivity index (χ4n) is 2.45. The molecule has 7 nitrogen and oxygen atoms in total. The molecular formula is C18H17N3O4S2. The van der Waals surface area contributed by atoms with Gasteiger partial charge < -0.3 is 10.5 Å². The molecule has 140 valence electrons. The minimum atomic E-state index is -3.84. The molecule has 0 saturated heterocycles. The van der Waals surface area contributed by atoms with Crippen LogP contribution < -0.4 is 15.2 Å². The van der Waals surface area contributed by atoms with Crippen LogP contribution in [0, 0.1) is 0 Å². The third kappa shape index (κ3) is 4.33. The van der Waals surface area contributed by atoms with E-state index in [1.54, 1.807) is 23.6 Å². The summed E-state index contributed by atoms with van der Waals surface area (Å²) >= 11 is 1.56. The summed E-state index contributed by atoms with van der Waals surface area (Å²) in [5, 5.41) is 1.95. The summed E-state index contributed by atoms with van der Waals surface area (Å²) in [5.41, 5.74) is 6.84. The van der Waals surface area contributed by atoms with Crippen molar-refractivity contribution in [2.24, 2.45) is 5.73 Å². The molecule has 0 atom stereocenters. The monoisotopic (exact) mass is 403 g/mol. The molecule has 3 aromatic rings. The third-order valence-electron chi connectivity index (χ3n) is 3.81. The molecule has 0 radical (unpaired) electrons. The summed E-state index contributed by atoms with van der Waals surface area (Å²) in [4.78, 5) is 16.7. The number of benzene rings is 1. The number of pyridine rings is 1. The number of aromatic nitrogens is 1. The van der Waals surface area contributed by atoms with Gasteiger partial charge in [0.15, 0.2) is 0 Å². The number of hydrogen-bond donors (Lipinski definition) is 2. The lowest BCUT2D eigenvalue weighted by molar-refractivity contribution is 0.0997. The van der Waals surface area contributed by atoms with E-state index in [1.807, 2.05) is 23.6 Å². The Bertz CT molecular complexity index is 1060. The zero-order valence-electron chi connectivity index (χ0n) is 14.4. The Morgan fingerprint density at radius 2 is 2.07 bits per heavy atom. The summed E-state index contributed by atoms with van der Waals surface area (Å²) in [6.45, 7) is 0.0845. The van der Waals surface area contributed by atoms with E-state index in [0.29, 0.717) is 0 Å². The SMILES string of the molecule is COc1ccc(S(=O)(=O)NCc2ccnc(-c3cccs3)c2)cc1C(N)=O. The summed E-state index contributed by atoms with van der Waals surface area (Å²) in [7, 11) is -2.46. The fourth-order valence-corrected chi connectivity index (χ4v) is 4.19. The van der Waals surface area contributed by atoms with Crippen LogP contribution in [0.1, 0.15) is 15.9 Å². The highest BCUT2D eigenvalue weighted by atomic mass is 32.2. The second-order valence-corrected chi connectivity index (χ2v) is 8.29. The molecule has 9 heteroatoms. The first-order valence-corrected chi connectivity index (χ1v) is 10.2. The average Bonchev–Trinajstić information content (AvgIpc) is 3.21. The predicted octanol–water partition coefficient (Wildman–Crippen LogP) is 2.40. The van der Waals surface area contributed by atoms with Crippen LogP contribution in [0.2, 0.25) is 0 Å². The number of ether oxygens (including phenoxy) is 1. The summed E-state index contributed by atoms with van der Waals surface area (Å²) < 4.78 is 32.7. The molecule has 0 bridgehead atoms. The average molecular weight is 403 g/mol. The number of amides is 1. The molecular weight excluding hydrogens is 386 g/mol. The Balaban J connectivity index is 1.81. The van der Waals surface area contributed by atoms with Crippen molar-refractivity contribution >= 4 is 27.3 Å². The number of nitrogens with zero attached hydrogens (tertiary/aromatic N) is 1. The maximum Gasteiger partial charge on any atom is 0.252 e. The van der Waals surface area contributed by atoms with E-state index in [0.717, 1.165) is 16.1 Å². The molecule has 0 spiro atoms. The topological polar surface area (TPSA) is 111 Å². The minimum Gasteiger partial charge on any atom is -0.496 e. The lowest BCUT2D eigenvalue weighted by Crippen LogP contribution is -2.24. The summed E-state index contributed by atoms with van der Waals surface area (Å²) in [5.74, 6) is -0.546. The van der Waals surface area contributed by atoms with Crippen LogP contribution in [0.25, 0.3) is 10.6 Å². The molecule has 1 amide bonds. The number of primary amides is 1. The second-order valence-electron chi connectivity index (χ2n) is 5.58. The normalized spacial score (nSPS) is 11.3. The number of hydrogen-bond acceptors (Lipinski definition) is 6. The molecule has 0 fully saturated rings. The number of carbonyl (C=O) groups excluding carboxylic acids is 1. The van der Waals surface area contributed by atoms with Gasteiger partial charge in [0.2, 0.25) is 10.0 Å². The van der Waals surface area contributed by atoms with Crippen LogP contribution in [-0.2, 0) is 16.6 Å². The van der Waals surface area contributed by atoms with Gasteiger partial charge in [0.05, 0.1) is 28.1 Å². The number of sulfonamides is 1. The van der Waals surface area contributed by atoms with Crippen molar-refractivity contribution in [1.29, 1.82) is 0 Å². The van der Waals surface area contributed by atoms with E-state index in [9.17, 15) is 13.2 Å². The Morgan fingerprint density at radius 1 is 1.26 bits per heavy atom. The summed E-state index contributed by atoms with van der Waals surface area (Å²) in [6.07, 6.45) is 1.64. The van der Waals surface area contributed by atoms with Crippen LogP contribution in [-0.4, -0.2) is 26.4 Å². The molecule has 0 saturated carbocycles. The molecule has 0 aliphatic rings. The molecule has 0 unspecified atom stereocenters. The van der Waals surface area contributed by atoms with Crippen LogP contribution in [0.15, 0.2) is 58.9 Å². The number of rotatable bonds is 7. The molecule has 0 aliphatic carbocycles. The zero-order valence-corrected chi connectivity index (χ0v) is 16.0. The molecule has 2 aromatic heterocycles. The third-order valence-corrected chi connectivity index (χ3v) is 6.10. The highest BCUT2D eigenvalue weighted by Crippen LogP contribution is 2.24. The number of nitrogens with one attached hydrogen (secondary N) is 1. The van der Waals surface area contributed by atoms with Gasteiger partial charge >= 0.3 is 0 Å². The van der Waals surface area contributed by atoms with Crippen molar-refractivity contribution in [3.8, 4) is 16.3 Å². The number of carbonyl (C=O) groups is 1. The Labute approximate surface area is 160 Å². The number of nitrogens with two attached hydrogens (primary N) is 1. The van der Waals surface area contributed by atoms with Crippen molar-refractivity contribution in [3.63, 3.8) is 0 Å². The van der Waals surface area contributed by atoms with Crippen LogP contribution in [0.4, 0.5) is 0 Å². The van der Waals surface area contributed by atoms with Gasteiger partial charge in [0, 0.05) is 12.7 Å². The first kappa shape index (κ1) is 19.0. The van der Waals surface area contributed by atoms with Gasteiger partial charge in [0.1, 0.15) is 5.75 Å². The van der Waals surface area contributed by atoms with E-state index in [2.05, 4.69) is 9.71 Å². The van der Waals surface area contributed by atoms with E-state index < -0.39 is 15.9 Å². The van der Waals surface area contributed by atoms with Crippen LogP contribution in [0.3, 0.4) is 0 Å². The lowest BCUT2D eigenvalue weighted by atomic mass is 10.2. The largest absolute Gasteiger partial charge is 0.496 e. The Morgan fingerprint density at radius 3 is 2.74 bits per heavy atom. The first-order chi connectivity index (χ1) is 12.9. The van der Waals surface area contributed by atoms with E-state index in [-0.39, 0.29) is 22.8 Å². The van der Waals surface area contributed by atoms with Crippen molar-refractivity contribution < 1.29 is 17.9 Å². The van der Waals surface area contributed by atoms with Crippen molar-refractivity contribution in [2.75, 3.05) is 7.11 Å². The Kier molecular flexibility index (Phi) is 5.54. The quantitative estimate of drug-likeness (QED) is 0.629. The van der Waals surface area contributed by atoms with E-state index in [4.69, 9.17) is 10.5 Å².